The molecule has 0 atom stereocenters. The van der Waals surface area contributed by atoms with Crippen LogP contribution in [0.25, 0.3) is 0 Å². The van der Waals surface area contributed by atoms with Gasteiger partial charge in [-0.2, -0.15) is 0 Å². The van der Waals surface area contributed by atoms with Crippen LogP contribution >= 0.6 is 12.2 Å². The maximum absolute atomic E-state index is 13.4. The Morgan fingerprint density at radius 3 is 2.62 bits per heavy atom. The number of halogens is 2. The van der Waals surface area contributed by atoms with Gasteiger partial charge in [-0.15, -0.1) is 0 Å². The third-order valence-corrected chi connectivity index (χ3v) is 2.36. The minimum absolute atomic E-state index is 0.365. The van der Waals surface area contributed by atoms with Gasteiger partial charge in [-0.05, 0) is 12.6 Å². The Labute approximate surface area is 99.0 Å². The van der Waals surface area contributed by atoms with Crippen LogP contribution in [0.15, 0.2) is 18.2 Å². The van der Waals surface area contributed by atoms with Crippen molar-refractivity contribution in [2.75, 3.05) is 13.1 Å². The van der Waals surface area contributed by atoms with Gasteiger partial charge in [0.2, 0.25) is 0 Å². The maximum atomic E-state index is 13.4. The minimum atomic E-state index is -0.571. The van der Waals surface area contributed by atoms with E-state index in [1.54, 1.807) is 0 Å². The van der Waals surface area contributed by atoms with E-state index in [-0.39, 0.29) is 0 Å². The lowest BCUT2D eigenvalue weighted by atomic mass is 10.2. The van der Waals surface area contributed by atoms with Crippen LogP contribution in [-0.4, -0.2) is 23.0 Å². The first-order valence-corrected chi connectivity index (χ1v) is 5.38. The second kappa shape index (κ2) is 5.86. The van der Waals surface area contributed by atoms with Gasteiger partial charge >= 0.3 is 0 Å². The fraction of sp³-hybridized carbons (Fsp3) is 0.364. The monoisotopic (exact) mass is 244 g/mol. The lowest BCUT2D eigenvalue weighted by Crippen LogP contribution is -2.32. The summed E-state index contributed by atoms with van der Waals surface area (Å²) in [5.74, 6) is -1.11. The number of hydrogen-bond acceptors (Lipinski definition) is 2. The zero-order chi connectivity index (χ0) is 12.1. The molecule has 2 nitrogen and oxygen atoms in total. The smallest absolute Gasteiger partial charge is 0.130 e. The van der Waals surface area contributed by atoms with E-state index in [2.05, 4.69) is 0 Å². The molecule has 0 fully saturated rings. The van der Waals surface area contributed by atoms with Gasteiger partial charge < -0.3 is 5.73 Å². The Morgan fingerprint density at radius 2 is 2.12 bits per heavy atom. The van der Waals surface area contributed by atoms with Gasteiger partial charge in [0.1, 0.15) is 11.6 Å². The quantitative estimate of drug-likeness (QED) is 0.804. The summed E-state index contributed by atoms with van der Waals surface area (Å²) < 4.78 is 26.0. The van der Waals surface area contributed by atoms with Gasteiger partial charge in [0.25, 0.3) is 0 Å². The molecule has 0 saturated carbocycles. The Balaban J connectivity index is 2.73. The van der Waals surface area contributed by atoms with E-state index in [0.717, 1.165) is 6.07 Å². The van der Waals surface area contributed by atoms with Crippen LogP contribution in [0.4, 0.5) is 8.78 Å². The van der Waals surface area contributed by atoms with E-state index >= 15 is 0 Å². The van der Waals surface area contributed by atoms with Crippen molar-refractivity contribution in [2.45, 2.75) is 13.5 Å². The molecule has 1 rings (SSSR count). The number of likely N-dealkylation sites (N-methyl/N-ethyl adjacent to an activating group) is 1. The molecular formula is C11H14F2N2S. The molecule has 0 heterocycles. The maximum Gasteiger partial charge on any atom is 0.130 e. The van der Waals surface area contributed by atoms with Gasteiger partial charge in [-0.1, -0.05) is 25.2 Å². The highest BCUT2D eigenvalue weighted by molar-refractivity contribution is 7.80. The second-order valence-corrected chi connectivity index (χ2v) is 4.03. The van der Waals surface area contributed by atoms with E-state index in [9.17, 15) is 8.78 Å². The summed E-state index contributed by atoms with van der Waals surface area (Å²) in [6, 6.07) is 3.56. The highest BCUT2D eigenvalue weighted by atomic mass is 32.1. The highest BCUT2D eigenvalue weighted by Gasteiger charge is 2.09. The van der Waals surface area contributed by atoms with Crippen molar-refractivity contribution in [1.29, 1.82) is 0 Å². The molecule has 16 heavy (non-hydrogen) atoms. The zero-order valence-electron chi connectivity index (χ0n) is 9.04. The summed E-state index contributed by atoms with van der Waals surface area (Å²) in [5.41, 5.74) is 5.86. The first-order valence-electron chi connectivity index (χ1n) is 4.97. The molecule has 2 N–H and O–H groups in total. The SMILES string of the molecule is CCN(CC(N)=S)Cc1ccc(F)cc1F. The summed E-state index contributed by atoms with van der Waals surface area (Å²) in [5, 5.41) is 0. The largest absolute Gasteiger partial charge is 0.392 e. The van der Waals surface area contributed by atoms with E-state index in [4.69, 9.17) is 18.0 Å². The normalized spacial score (nSPS) is 10.8. The molecule has 1 aromatic rings. The average Bonchev–Trinajstić information content (AvgIpc) is 2.20. The Kier molecular flexibility index (Phi) is 4.76. The fourth-order valence-corrected chi connectivity index (χ4v) is 1.57. The summed E-state index contributed by atoms with van der Waals surface area (Å²) >= 11 is 4.79. The fourth-order valence-electron chi connectivity index (χ4n) is 1.39. The van der Waals surface area contributed by atoms with Crippen LogP contribution in [0.1, 0.15) is 12.5 Å². The molecule has 0 aromatic heterocycles. The summed E-state index contributed by atoms with van der Waals surface area (Å²) in [6.45, 7) is 3.44. The molecule has 0 spiro atoms. The number of nitrogens with two attached hydrogens (primary N) is 1. The zero-order valence-corrected chi connectivity index (χ0v) is 9.86. The van der Waals surface area contributed by atoms with Crippen molar-refractivity contribution in [3.8, 4) is 0 Å². The van der Waals surface area contributed by atoms with Crippen LogP contribution in [0.5, 0.6) is 0 Å². The van der Waals surface area contributed by atoms with Gasteiger partial charge in [0.05, 0.1) is 4.99 Å². The molecule has 0 saturated heterocycles. The van der Waals surface area contributed by atoms with Crippen LogP contribution in [0, 0.1) is 11.6 Å². The van der Waals surface area contributed by atoms with Crippen LogP contribution in [0.2, 0.25) is 0 Å². The molecule has 1 aromatic carbocycles. The molecule has 0 amide bonds. The molecule has 0 aliphatic rings. The average molecular weight is 244 g/mol. The van der Waals surface area contributed by atoms with Crippen molar-refractivity contribution in [2.24, 2.45) is 5.73 Å². The molecular weight excluding hydrogens is 230 g/mol. The number of thiocarbonyl (C=S) groups is 1. The van der Waals surface area contributed by atoms with Crippen LogP contribution in [0.3, 0.4) is 0 Å². The van der Waals surface area contributed by atoms with Crippen molar-refractivity contribution in [1.82, 2.24) is 4.90 Å². The second-order valence-electron chi connectivity index (χ2n) is 3.51. The summed E-state index contributed by atoms with van der Waals surface area (Å²) in [4.78, 5) is 2.25. The Hall–Kier alpha value is -1.07. The van der Waals surface area contributed by atoms with E-state index in [1.165, 1.54) is 12.1 Å². The van der Waals surface area contributed by atoms with Gasteiger partial charge in [0.15, 0.2) is 0 Å². The van der Waals surface area contributed by atoms with Gasteiger partial charge in [0, 0.05) is 24.7 Å². The molecule has 0 aliphatic carbocycles. The first-order chi connectivity index (χ1) is 7.52. The first kappa shape index (κ1) is 13.0. The number of benzene rings is 1. The lowest BCUT2D eigenvalue weighted by Gasteiger charge is -2.19. The van der Waals surface area contributed by atoms with Gasteiger partial charge in [-0.3, -0.25) is 4.90 Å². The van der Waals surface area contributed by atoms with Crippen molar-refractivity contribution < 1.29 is 8.78 Å². The highest BCUT2D eigenvalue weighted by Crippen LogP contribution is 2.11. The van der Waals surface area contributed by atoms with Gasteiger partial charge in [-0.25, -0.2) is 8.78 Å². The third-order valence-electron chi connectivity index (χ3n) is 2.24. The standard InChI is InChI=1S/C11H14F2N2S/c1-2-15(7-11(14)16)6-8-3-4-9(12)5-10(8)13/h3-5H,2,6-7H2,1H3,(H2,14,16). The molecule has 0 unspecified atom stereocenters. The van der Waals surface area contributed by atoms with Crippen molar-refractivity contribution in [3.63, 3.8) is 0 Å². The predicted molar refractivity (Wildman–Crippen MR) is 64.1 cm³/mol. The minimum Gasteiger partial charge on any atom is -0.392 e. The predicted octanol–water partition coefficient (Wildman–Crippen LogP) is 2.07. The van der Waals surface area contributed by atoms with E-state index in [0.29, 0.717) is 30.2 Å². The van der Waals surface area contributed by atoms with E-state index in [1.807, 2.05) is 11.8 Å². The topological polar surface area (TPSA) is 29.3 Å². The Bertz CT molecular complexity index is 382. The number of rotatable bonds is 5. The lowest BCUT2D eigenvalue weighted by molar-refractivity contribution is 0.315. The molecule has 0 bridgehead atoms. The van der Waals surface area contributed by atoms with E-state index < -0.39 is 11.6 Å². The third kappa shape index (κ3) is 3.83. The van der Waals surface area contributed by atoms with Crippen molar-refractivity contribution in [3.05, 3.63) is 35.4 Å². The number of hydrogen-bond donors (Lipinski definition) is 1. The van der Waals surface area contributed by atoms with Crippen LogP contribution in [-0.2, 0) is 6.54 Å². The van der Waals surface area contributed by atoms with Crippen molar-refractivity contribution >= 4 is 17.2 Å². The molecule has 5 heteroatoms. The molecule has 0 radical (unpaired) electrons. The summed E-state index contributed by atoms with van der Waals surface area (Å²) in [7, 11) is 0. The summed E-state index contributed by atoms with van der Waals surface area (Å²) in [6.07, 6.45) is 0. The Morgan fingerprint density at radius 1 is 1.44 bits per heavy atom. The molecule has 88 valence electrons. The van der Waals surface area contributed by atoms with Crippen LogP contribution < -0.4 is 5.73 Å². The molecule has 0 aliphatic heterocycles. The number of nitrogens with zero attached hydrogens (tertiary/aromatic N) is 1.